The number of pyridine rings is 1. The highest BCUT2D eigenvalue weighted by Crippen LogP contribution is 2.44. The van der Waals surface area contributed by atoms with Crippen molar-refractivity contribution in [1.29, 1.82) is 0 Å². The van der Waals surface area contributed by atoms with Crippen LogP contribution in [0.5, 0.6) is 0 Å². The molecular formula is C15H14BrN. The van der Waals surface area contributed by atoms with Crippen LogP contribution >= 0.6 is 0 Å². The van der Waals surface area contributed by atoms with Crippen LogP contribution in [0.3, 0.4) is 0 Å². The summed E-state index contributed by atoms with van der Waals surface area (Å²) >= 11 is 0. The normalized spacial score (nSPS) is 23.5. The summed E-state index contributed by atoms with van der Waals surface area (Å²) in [4.78, 5) is 0. The zero-order valence-electron chi connectivity index (χ0n) is 9.51. The molecule has 5 rings (SSSR count). The first-order valence-corrected chi connectivity index (χ1v) is 6.04. The van der Waals surface area contributed by atoms with Crippen LogP contribution in [0.15, 0.2) is 48.7 Å². The fourth-order valence-corrected chi connectivity index (χ4v) is 3.41. The number of nitrogens with zero attached hydrogens (tertiary/aromatic N) is 1. The summed E-state index contributed by atoms with van der Waals surface area (Å²) in [6.07, 6.45) is 4.84. The Balaban J connectivity index is 0.000000902. The van der Waals surface area contributed by atoms with Gasteiger partial charge in [0.15, 0.2) is 17.9 Å². The van der Waals surface area contributed by atoms with Crippen molar-refractivity contribution >= 4 is 0 Å². The predicted molar refractivity (Wildman–Crippen MR) is 62.3 cm³/mol. The highest BCUT2D eigenvalue weighted by atomic mass is 79.9. The van der Waals surface area contributed by atoms with Crippen molar-refractivity contribution in [2.45, 2.75) is 24.8 Å². The van der Waals surface area contributed by atoms with Crippen LogP contribution < -0.4 is 21.5 Å². The van der Waals surface area contributed by atoms with Gasteiger partial charge in [-0.3, -0.25) is 0 Å². The molecule has 17 heavy (non-hydrogen) atoms. The molecule has 0 N–H and O–H groups in total. The molecule has 0 spiro atoms. The fourth-order valence-electron chi connectivity index (χ4n) is 3.41. The number of hydrogen-bond donors (Lipinski definition) is 0. The topological polar surface area (TPSA) is 3.88 Å². The van der Waals surface area contributed by atoms with Crippen molar-refractivity contribution in [3.8, 4) is 0 Å². The molecule has 0 radical (unpaired) electrons. The van der Waals surface area contributed by atoms with E-state index in [1.807, 2.05) is 0 Å². The Labute approximate surface area is 112 Å². The van der Waals surface area contributed by atoms with Crippen LogP contribution in [-0.2, 0) is 0 Å². The first kappa shape index (κ1) is 11.0. The maximum Gasteiger partial charge on any atom is 0.189 e. The lowest BCUT2D eigenvalue weighted by Crippen LogP contribution is -3.00. The number of aromatic nitrogens is 1. The van der Waals surface area contributed by atoms with Crippen LogP contribution in [0.1, 0.15) is 41.6 Å². The molecule has 0 saturated heterocycles. The first-order valence-electron chi connectivity index (χ1n) is 6.04. The van der Waals surface area contributed by atoms with Gasteiger partial charge < -0.3 is 17.0 Å². The van der Waals surface area contributed by atoms with E-state index in [0.29, 0.717) is 12.0 Å². The van der Waals surface area contributed by atoms with Gasteiger partial charge in [0.25, 0.3) is 0 Å². The number of hydrogen-bond acceptors (Lipinski definition) is 0. The Hall–Kier alpha value is -1.15. The van der Waals surface area contributed by atoms with Crippen molar-refractivity contribution in [2.24, 2.45) is 0 Å². The second-order valence-corrected chi connectivity index (χ2v) is 4.81. The molecule has 1 aromatic carbocycles. The minimum atomic E-state index is 0. The molecule has 86 valence electrons. The summed E-state index contributed by atoms with van der Waals surface area (Å²) in [6.45, 7) is 0. The molecule has 2 bridgehead atoms. The molecule has 2 atom stereocenters. The van der Waals surface area contributed by atoms with Crippen LogP contribution in [0.4, 0.5) is 0 Å². The van der Waals surface area contributed by atoms with Gasteiger partial charge in [-0.25, -0.2) is 0 Å². The molecule has 1 aromatic heterocycles. The lowest BCUT2D eigenvalue weighted by Gasteiger charge is -2.34. The molecule has 3 aliphatic rings. The van der Waals surface area contributed by atoms with Gasteiger partial charge in [-0.2, -0.15) is 4.57 Å². The second kappa shape index (κ2) is 3.95. The third kappa shape index (κ3) is 1.40. The van der Waals surface area contributed by atoms with Crippen LogP contribution in [0.25, 0.3) is 0 Å². The lowest BCUT2D eigenvalue weighted by atomic mass is 9.74. The van der Waals surface area contributed by atoms with Crippen molar-refractivity contribution < 1.29 is 21.5 Å². The standard InChI is InChI=1S/C15H14N.BrH/c1-2-6-12-11(5-1)13-8-9-15(12)16-10-4-3-7-14(13)16;/h1-7,10,13,15H,8-9H2;1H/q+1;/p-1. The third-order valence-electron chi connectivity index (χ3n) is 4.07. The maximum absolute atomic E-state index is 2.47. The average molecular weight is 288 g/mol. The highest BCUT2D eigenvalue weighted by Gasteiger charge is 2.42. The van der Waals surface area contributed by atoms with Gasteiger partial charge >= 0.3 is 0 Å². The Kier molecular flexibility index (Phi) is 2.55. The summed E-state index contributed by atoms with van der Waals surface area (Å²) in [5.41, 5.74) is 4.60. The van der Waals surface area contributed by atoms with Gasteiger partial charge in [-0.05, 0) is 12.0 Å². The quantitative estimate of drug-likeness (QED) is 0.592. The molecule has 1 aliphatic carbocycles. The van der Waals surface area contributed by atoms with E-state index in [9.17, 15) is 0 Å². The smallest absolute Gasteiger partial charge is 0.189 e. The maximum atomic E-state index is 2.47. The van der Waals surface area contributed by atoms with Crippen LogP contribution in [0, 0.1) is 0 Å². The number of benzene rings is 1. The summed E-state index contributed by atoms with van der Waals surface area (Å²) in [5.74, 6) is 0.627. The molecule has 2 aromatic rings. The van der Waals surface area contributed by atoms with Gasteiger partial charge in [0, 0.05) is 24.1 Å². The number of halogens is 1. The second-order valence-electron chi connectivity index (χ2n) is 4.81. The Morgan fingerprint density at radius 1 is 0.882 bits per heavy atom. The molecule has 1 nitrogen and oxygen atoms in total. The first-order chi connectivity index (χ1) is 7.95. The summed E-state index contributed by atoms with van der Waals surface area (Å²) < 4.78 is 2.47. The molecule has 3 heterocycles. The van der Waals surface area contributed by atoms with Gasteiger partial charge in [0.05, 0.1) is 5.92 Å². The van der Waals surface area contributed by atoms with Gasteiger partial charge in [0.1, 0.15) is 0 Å². The summed E-state index contributed by atoms with van der Waals surface area (Å²) in [6, 6.07) is 16.1. The van der Waals surface area contributed by atoms with Crippen molar-refractivity contribution in [1.82, 2.24) is 0 Å². The van der Waals surface area contributed by atoms with Crippen LogP contribution in [-0.4, -0.2) is 0 Å². The van der Waals surface area contributed by atoms with E-state index in [-0.39, 0.29) is 17.0 Å². The lowest BCUT2D eigenvalue weighted by molar-refractivity contribution is -0.730. The van der Waals surface area contributed by atoms with Gasteiger partial charge in [0.2, 0.25) is 0 Å². The van der Waals surface area contributed by atoms with E-state index >= 15 is 0 Å². The Morgan fingerprint density at radius 3 is 2.53 bits per heavy atom. The Bertz CT molecular complexity index is 467. The Morgan fingerprint density at radius 2 is 1.65 bits per heavy atom. The minimum Gasteiger partial charge on any atom is -1.00 e. The SMILES string of the molecule is [Br-].c1ccc2c(c1)C1CCC2[n+]2ccccc21. The number of fused-ring (bicyclic) bond motifs is 1. The molecule has 0 fully saturated rings. The predicted octanol–water partition coefficient (Wildman–Crippen LogP) is -0.193. The molecule has 2 heteroatoms. The van der Waals surface area contributed by atoms with E-state index in [2.05, 4.69) is 53.2 Å². The minimum absolute atomic E-state index is 0. The van der Waals surface area contributed by atoms with E-state index < -0.39 is 0 Å². The summed E-state index contributed by atoms with van der Waals surface area (Å²) in [5, 5.41) is 0. The molecule has 0 saturated carbocycles. The van der Waals surface area contributed by atoms with Crippen molar-refractivity contribution in [3.63, 3.8) is 0 Å². The van der Waals surface area contributed by atoms with E-state index in [4.69, 9.17) is 0 Å². The highest BCUT2D eigenvalue weighted by molar-refractivity contribution is 5.40. The molecule has 0 amide bonds. The molecule has 2 aliphatic heterocycles. The molecular weight excluding hydrogens is 274 g/mol. The van der Waals surface area contributed by atoms with E-state index in [1.165, 1.54) is 18.5 Å². The largest absolute Gasteiger partial charge is 1.00 e. The van der Waals surface area contributed by atoms with Gasteiger partial charge in [-0.15, -0.1) is 0 Å². The third-order valence-corrected chi connectivity index (χ3v) is 4.07. The molecule has 2 unspecified atom stereocenters. The van der Waals surface area contributed by atoms with E-state index in [0.717, 1.165) is 0 Å². The zero-order chi connectivity index (χ0) is 10.5. The van der Waals surface area contributed by atoms with E-state index in [1.54, 1.807) is 11.1 Å². The van der Waals surface area contributed by atoms with Gasteiger partial charge in [-0.1, -0.05) is 30.3 Å². The average Bonchev–Trinajstić information content (AvgIpc) is 2.40. The van der Waals surface area contributed by atoms with Crippen molar-refractivity contribution in [3.05, 3.63) is 65.5 Å². The summed E-state index contributed by atoms with van der Waals surface area (Å²) in [7, 11) is 0. The van der Waals surface area contributed by atoms with Crippen LogP contribution in [0.2, 0.25) is 0 Å². The fraction of sp³-hybridized carbons (Fsp3) is 0.267. The monoisotopic (exact) mass is 287 g/mol. The van der Waals surface area contributed by atoms with Crippen molar-refractivity contribution in [2.75, 3.05) is 0 Å². The number of rotatable bonds is 0. The zero-order valence-corrected chi connectivity index (χ0v) is 11.1.